The van der Waals surface area contributed by atoms with Crippen LogP contribution in [0.4, 0.5) is 0 Å². The SMILES string of the molecule is CCN1CCC(CNC(=O)C2CCN(C3CCN(Cc4ccccc4C)CC3)CC2)C1. The molecule has 1 aromatic carbocycles. The Hall–Kier alpha value is -1.43. The van der Waals surface area contributed by atoms with Crippen molar-refractivity contribution < 1.29 is 4.79 Å². The van der Waals surface area contributed by atoms with Crippen molar-refractivity contribution in [3.8, 4) is 0 Å². The predicted octanol–water partition coefficient (Wildman–Crippen LogP) is 3.13. The summed E-state index contributed by atoms with van der Waals surface area (Å²) in [5.41, 5.74) is 2.87. The third-order valence-corrected chi connectivity index (χ3v) is 8.01. The van der Waals surface area contributed by atoms with Crippen molar-refractivity contribution in [3.63, 3.8) is 0 Å². The highest BCUT2D eigenvalue weighted by Gasteiger charge is 2.31. The first-order chi connectivity index (χ1) is 15.1. The normalized spacial score (nSPS) is 25.2. The van der Waals surface area contributed by atoms with Gasteiger partial charge in [-0.05, 0) is 95.3 Å². The second-order valence-corrected chi connectivity index (χ2v) is 10.0. The third kappa shape index (κ3) is 6.09. The average Bonchev–Trinajstić information content (AvgIpc) is 3.28. The average molecular weight is 427 g/mol. The molecule has 0 radical (unpaired) electrons. The summed E-state index contributed by atoms with van der Waals surface area (Å²) in [6.45, 7) is 14.4. The largest absolute Gasteiger partial charge is 0.356 e. The van der Waals surface area contributed by atoms with Gasteiger partial charge in [0, 0.05) is 31.6 Å². The molecule has 1 aromatic rings. The van der Waals surface area contributed by atoms with Crippen LogP contribution in [0.1, 0.15) is 50.2 Å². The van der Waals surface area contributed by atoms with Crippen molar-refractivity contribution in [2.45, 2.75) is 58.5 Å². The zero-order valence-corrected chi connectivity index (χ0v) is 19.7. The molecule has 0 saturated carbocycles. The standard InChI is InChI=1S/C26H42N4O/c1-3-28-13-8-22(19-28)18-27-26(31)23-9-16-30(17-10-23)25-11-14-29(15-12-25)20-24-7-5-4-6-21(24)2/h4-7,22-23,25H,3,8-20H2,1-2H3,(H,27,31). The number of amides is 1. The van der Waals surface area contributed by atoms with Gasteiger partial charge in [0.25, 0.3) is 0 Å². The summed E-state index contributed by atoms with van der Waals surface area (Å²) in [5.74, 6) is 1.18. The molecule has 0 bridgehead atoms. The second kappa shape index (κ2) is 10.9. The first-order valence-electron chi connectivity index (χ1n) is 12.6. The van der Waals surface area contributed by atoms with Gasteiger partial charge < -0.3 is 15.1 Å². The van der Waals surface area contributed by atoms with Crippen LogP contribution in [0.25, 0.3) is 0 Å². The predicted molar refractivity (Wildman–Crippen MR) is 127 cm³/mol. The van der Waals surface area contributed by atoms with E-state index in [0.717, 1.165) is 52.1 Å². The smallest absolute Gasteiger partial charge is 0.223 e. The lowest BCUT2D eigenvalue weighted by Gasteiger charge is -2.41. The van der Waals surface area contributed by atoms with Crippen molar-refractivity contribution in [2.75, 3.05) is 52.4 Å². The highest BCUT2D eigenvalue weighted by atomic mass is 16.1. The van der Waals surface area contributed by atoms with Gasteiger partial charge in [0.05, 0.1) is 0 Å². The fourth-order valence-electron chi connectivity index (χ4n) is 5.75. The lowest BCUT2D eigenvalue weighted by Crippen LogP contribution is -2.49. The quantitative estimate of drug-likeness (QED) is 0.727. The van der Waals surface area contributed by atoms with Crippen LogP contribution in [-0.4, -0.2) is 79.0 Å². The van der Waals surface area contributed by atoms with E-state index in [0.29, 0.717) is 17.9 Å². The van der Waals surface area contributed by atoms with Crippen LogP contribution in [0.5, 0.6) is 0 Å². The molecule has 1 amide bonds. The van der Waals surface area contributed by atoms with E-state index in [1.807, 2.05) is 0 Å². The Morgan fingerprint density at radius 1 is 0.968 bits per heavy atom. The highest BCUT2D eigenvalue weighted by Crippen LogP contribution is 2.25. The number of aryl methyl sites for hydroxylation is 1. The van der Waals surface area contributed by atoms with E-state index in [1.165, 1.54) is 50.0 Å². The van der Waals surface area contributed by atoms with Crippen LogP contribution >= 0.6 is 0 Å². The topological polar surface area (TPSA) is 38.8 Å². The Morgan fingerprint density at radius 2 is 1.68 bits per heavy atom. The zero-order valence-electron chi connectivity index (χ0n) is 19.7. The fraction of sp³-hybridized carbons (Fsp3) is 0.731. The number of nitrogens with one attached hydrogen (secondary N) is 1. The van der Waals surface area contributed by atoms with Crippen LogP contribution < -0.4 is 5.32 Å². The van der Waals surface area contributed by atoms with Crippen LogP contribution in [0.15, 0.2) is 24.3 Å². The maximum absolute atomic E-state index is 12.7. The number of likely N-dealkylation sites (tertiary alicyclic amines) is 3. The van der Waals surface area contributed by atoms with Gasteiger partial charge >= 0.3 is 0 Å². The number of piperidine rings is 2. The molecule has 31 heavy (non-hydrogen) atoms. The van der Waals surface area contributed by atoms with Gasteiger partial charge in [-0.25, -0.2) is 0 Å². The molecular formula is C26H42N4O. The maximum Gasteiger partial charge on any atom is 0.223 e. The van der Waals surface area contributed by atoms with E-state index in [2.05, 4.69) is 58.1 Å². The minimum Gasteiger partial charge on any atom is -0.356 e. The Bertz CT molecular complexity index is 707. The van der Waals surface area contributed by atoms with E-state index in [1.54, 1.807) is 0 Å². The molecule has 1 N–H and O–H groups in total. The van der Waals surface area contributed by atoms with E-state index in [4.69, 9.17) is 0 Å². The summed E-state index contributed by atoms with van der Waals surface area (Å²) in [6.07, 6.45) is 5.81. The number of benzene rings is 1. The van der Waals surface area contributed by atoms with Gasteiger partial charge in [-0.3, -0.25) is 9.69 Å². The Kier molecular flexibility index (Phi) is 8.02. The Balaban J connectivity index is 1.14. The summed E-state index contributed by atoms with van der Waals surface area (Å²) in [4.78, 5) is 20.5. The number of carbonyl (C=O) groups is 1. The van der Waals surface area contributed by atoms with Crippen LogP contribution in [-0.2, 0) is 11.3 Å². The van der Waals surface area contributed by atoms with Gasteiger partial charge in [0.15, 0.2) is 0 Å². The van der Waals surface area contributed by atoms with Crippen molar-refractivity contribution in [3.05, 3.63) is 35.4 Å². The molecule has 0 spiro atoms. The summed E-state index contributed by atoms with van der Waals surface area (Å²) in [6, 6.07) is 9.47. The molecule has 0 aliphatic carbocycles. The summed E-state index contributed by atoms with van der Waals surface area (Å²) in [5, 5.41) is 3.28. The minimum absolute atomic E-state index is 0.223. The first-order valence-corrected chi connectivity index (χ1v) is 12.6. The molecule has 5 heteroatoms. The Labute approximate surface area is 189 Å². The van der Waals surface area contributed by atoms with Crippen LogP contribution in [0.2, 0.25) is 0 Å². The van der Waals surface area contributed by atoms with Crippen molar-refractivity contribution in [2.24, 2.45) is 11.8 Å². The van der Waals surface area contributed by atoms with Crippen molar-refractivity contribution in [1.82, 2.24) is 20.0 Å². The number of hydrogen-bond donors (Lipinski definition) is 1. The van der Waals surface area contributed by atoms with Gasteiger partial charge in [0.2, 0.25) is 5.91 Å². The van der Waals surface area contributed by atoms with E-state index >= 15 is 0 Å². The molecule has 3 fully saturated rings. The number of carbonyl (C=O) groups excluding carboxylic acids is 1. The molecule has 1 atom stereocenters. The molecule has 3 heterocycles. The van der Waals surface area contributed by atoms with Gasteiger partial charge in [-0.1, -0.05) is 31.2 Å². The molecule has 3 aliphatic rings. The molecule has 3 saturated heterocycles. The highest BCUT2D eigenvalue weighted by molar-refractivity contribution is 5.78. The molecule has 0 aromatic heterocycles. The van der Waals surface area contributed by atoms with Gasteiger partial charge in [-0.2, -0.15) is 0 Å². The lowest BCUT2D eigenvalue weighted by molar-refractivity contribution is -0.126. The molecule has 4 rings (SSSR count). The van der Waals surface area contributed by atoms with E-state index < -0.39 is 0 Å². The zero-order chi connectivity index (χ0) is 21.6. The summed E-state index contributed by atoms with van der Waals surface area (Å²) >= 11 is 0. The Morgan fingerprint density at radius 3 is 2.35 bits per heavy atom. The van der Waals surface area contributed by atoms with Crippen LogP contribution in [0.3, 0.4) is 0 Å². The van der Waals surface area contributed by atoms with E-state index in [9.17, 15) is 4.79 Å². The number of rotatable bonds is 7. The molecule has 3 aliphatic heterocycles. The molecule has 172 valence electrons. The second-order valence-electron chi connectivity index (χ2n) is 10.0. The van der Waals surface area contributed by atoms with E-state index in [-0.39, 0.29) is 5.92 Å². The van der Waals surface area contributed by atoms with Gasteiger partial charge in [0.1, 0.15) is 0 Å². The molecular weight excluding hydrogens is 384 g/mol. The van der Waals surface area contributed by atoms with Crippen molar-refractivity contribution in [1.29, 1.82) is 0 Å². The first kappa shape index (κ1) is 22.8. The lowest BCUT2D eigenvalue weighted by atomic mass is 9.92. The third-order valence-electron chi connectivity index (χ3n) is 8.01. The van der Waals surface area contributed by atoms with Gasteiger partial charge in [-0.15, -0.1) is 0 Å². The van der Waals surface area contributed by atoms with Crippen LogP contribution in [0, 0.1) is 18.8 Å². The minimum atomic E-state index is 0.223. The molecule has 1 unspecified atom stereocenters. The van der Waals surface area contributed by atoms with Crippen molar-refractivity contribution >= 4 is 5.91 Å². The number of nitrogens with zero attached hydrogens (tertiary/aromatic N) is 3. The fourth-order valence-corrected chi connectivity index (χ4v) is 5.75. The number of hydrogen-bond acceptors (Lipinski definition) is 4. The molecule has 5 nitrogen and oxygen atoms in total. The maximum atomic E-state index is 12.7. The summed E-state index contributed by atoms with van der Waals surface area (Å²) in [7, 11) is 0. The monoisotopic (exact) mass is 426 g/mol. The summed E-state index contributed by atoms with van der Waals surface area (Å²) < 4.78 is 0.